The van der Waals surface area contributed by atoms with Gasteiger partial charge in [-0.05, 0) is 55.8 Å². The van der Waals surface area contributed by atoms with E-state index in [0.29, 0.717) is 22.4 Å². The van der Waals surface area contributed by atoms with Gasteiger partial charge in [-0.15, -0.1) is 0 Å². The summed E-state index contributed by atoms with van der Waals surface area (Å²) in [6, 6.07) is 18.6. The number of aromatic nitrogens is 2. The van der Waals surface area contributed by atoms with Gasteiger partial charge in [0.2, 0.25) is 0 Å². The van der Waals surface area contributed by atoms with E-state index < -0.39 is 10.0 Å². The molecule has 8 heteroatoms. The van der Waals surface area contributed by atoms with Gasteiger partial charge in [0.15, 0.2) is 0 Å². The zero-order valence-corrected chi connectivity index (χ0v) is 18.1. The molecule has 1 heterocycles. The monoisotopic (exact) mass is 435 g/mol. The third kappa shape index (κ3) is 3.89. The van der Waals surface area contributed by atoms with E-state index >= 15 is 0 Å². The predicted molar refractivity (Wildman–Crippen MR) is 121 cm³/mol. The number of nitrogens with zero attached hydrogens (tertiary/aromatic N) is 2. The van der Waals surface area contributed by atoms with Crippen LogP contribution < -0.4 is 15.0 Å². The molecule has 1 aromatic heterocycles. The SMILES string of the molecule is COc1cc(-n2c(C)nc3ccccc3c2=O)ccc1NS(=O)(=O)c1cccc(C)c1. The standard InChI is InChI=1S/C23H21N3O4S/c1-15-7-6-8-18(13-15)31(28,29)25-21-12-11-17(14-22(21)30-3)26-16(2)24-20-10-5-4-9-19(20)23(26)27/h4-14,25H,1-3H3. The topological polar surface area (TPSA) is 90.3 Å². The maximum atomic E-state index is 13.1. The molecule has 0 atom stereocenters. The summed E-state index contributed by atoms with van der Waals surface area (Å²) >= 11 is 0. The number of nitrogens with one attached hydrogen (secondary N) is 1. The average molecular weight is 436 g/mol. The molecule has 0 aliphatic heterocycles. The Morgan fingerprint density at radius 1 is 0.968 bits per heavy atom. The van der Waals surface area contributed by atoms with Gasteiger partial charge in [-0.25, -0.2) is 13.4 Å². The number of hydrogen-bond acceptors (Lipinski definition) is 5. The molecule has 1 N–H and O–H groups in total. The summed E-state index contributed by atoms with van der Waals surface area (Å²) in [5, 5.41) is 0.497. The third-order valence-corrected chi connectivity index (χ3v) is 6.29. The molecule has 0 fully saturated rings. The van der Waals surface area contributed by atoms with Gasteiger partial charge in [-0.1, -0.05) is 24.3 Å². The van der Waals surface area contributed by atoms with Crippen LogP contribution in [-0.2, 0) is 10.0 Å². The fourth-order valence-corrected chi connectivity index (χ4v) is 4.61. The number of para-hydroxylation sites is 1. The molecule has 0 amide bonds. The number of sulfonamides is 1. The van der Waals surface area contributed by atoms with E-state index in [-0.39, 0.29) is 21.9 Å². The van der Waals surface area contributed by atoms with E-state index in [4.69, 9.17) is 4.74 Å². The molecular formula is C23H21N3O4S. The zero-order chi connectivity index (χ0) is 22.2. The lowest BCUT2D eigenvalue weighted by Gasteiger charge is -2.16. The number of aryl methyl sites for hydroxylation is 2. The van der Waals surface area contributed by atoms with Crippen LogP contribution in [-0.4, -0.2) is 25.1 Å². The molecule has 0 saturated carbocycles. The van der Waals surface area contributed by atoms with Crippen molar-refractivity contribution in [2.24, 2.45) is 0 Å². The quantitative estimate of drug-likeness (QED) is 0.515. The molecular weight excluding hydrogens is 414 g/mol. The van der Waals surface area contributed by atoms with Crippen LogP contribution in [0.2, 0.25) is 0 Å². The van der Waals surface area contributed by atoms with Crippen LogP contribution in [0.3, 0.4) is 0 Å². The molecule has 3 aromatic carbocycles. The van der Waals surface area contributed by atoms with Crippen LogP contribution in [0.1, 0.15) is 11.4 Å². The molecule has 7 nitrogen and oxygen atoms in total. The minimum absolute atomic E-state index is 0.157. The third-order valence-electron chi connectivity index (χ3n) is 4.93. The number of rotatable bonds is 5. The van der Waals surface area contributed by atoms with Gasteiger partial charge in [0.1, 0.15) is 11.6 Å². The molecule has 4 rings (SSSR count). The summed E-state index contributed by atoms with van der Waals surface area (Å²) in [5.41, 5.74) is 2.04. The van der Waals surface area contributed by atoms with Crippen molar-refractivity contribution in [3.8, 4) is 11.4 Å². The number of ether oxygens (including phenoxy) is 1. The van der Waals surface area contributed by atoms with Gasteiger partial charge < -0.3 is 4.74 Å². The van der Waals surface area contributed by atoms with E-state index in [9.17, 15) is 13.2 Å². The van der Waals surface area contributed by atoms with Crippen LogP contribution in [0, 0.1) is 13.8 Å². The smallest absolute Gasteiger partial charge is 0.265 e. The van der Waals surface area contributed by atoms with E-state index in [1.807, 2.05) is 19.1 Å². The molecule has 4 aromatic rings. The number of benzene rings is 3. The summed E-state index contributed by atoms with van der Waals surface area (Å²) in [6.45, 7) is 3.57. The second kappa shape index (κ2) is 7.88. The van der Waals surface area contributed by atoms with Crippen molar-refractivity contribution < 1.29 is 13.2 Å². The minimum atomic E-state index is -3.80. The van der Waals surface area contributed by atoms with Crippen LogP contribution in [0.15, 0.2) is 76.4 Å². The first-order valence-electron chi connectivity index (χ1n) is 9.56. The predicted octanol–water partition coefficient (Wildman–Crippen LogP) is 3.81. The van der Waals surface area contributed by atoms with Gasteiger partial charge in [0.25, 0.3) is 15.6 Å². The van der Waals surface area contributed by atoms with Crippen LogP contribution in [0.5, 0.6) is 5.75 Å². The summed E-state index contributed by atoms with van der Waals surface area (Å²) in [7, 11) is -2.36. The lowest BCUT2D eigenvalue weighted by Crippen LogP contribution is -2.22. The van der Waals surface area contributed by atoms with Crippen LogP contribution in [0.4, 0.5) is 5.69 Å². The van der Waals surface area contributed by atoms with Crippen molar-refractivity contribution in [2.45, 2.75) is 18.7 Å². The Morgan fingerprint density at radius 3 is 2.48 bits per heavy atom. The largest absolute Gasteiger partial charge is 0.494 e. The van der Waals surface area contributed by atoms with E-state index in [1.54, 1.807) is 55.5 Å². The summed E-state index contributed by atoms with van der Waals surface area (Å²) in [4.78, 5) is 17.7. The minimum Gasteiger partial charge on any atom is -0.494 e. The van der Waals surface area contributed by atoms with Crippen molar-refractivity contribution >= 4 is 26.6 Å². The first-order valence-corrected chi connectivity index (χ1v) is 11.0. The molecule has 158 valence electrons. The first kappa shape index (κ1) is 20.6. The highest BCUT2D eigenvalue weighted by atomic mass is 32.2. The molecule has 31 heavy (non-hydrogen) atoms. The Hall–Kier alpha value is -3.65. The Morgan fingerprint density at radius 2 is 1.74 bits per heavy atom. The van der Waals surface area contributed by atoms with Gasteiger partial charge >= 0.3 is 0 Å². The molecule has 0 unspecified atom stereocenters. The van der Waals surface area contributed by atoms with E-state index in [0.717, 1.165) is 5.56 Å². The van der Waals surface area contributed by atoms with Crippen LogP contribution in [0.25, 0.3) is 16.6 Å². The van der Waals surface area contributed by atoms with Gasteiger partial charge in [-0.3, -0.25) is 14.1 Å². The Bertz CT molecular complexity index is 1460. The summed E-state index contributed by atoms with van der Waals surface area (Å²) in [6.07, 6.45) is 0. The first-order chi connectivity index (χ1) is 14.8. The molecule has 0 radical (unpaired) electrons. The van der Waals surface area contributed by atoms with E-state index in [1.165, 1.54) is 17.7 Å². The maximum Gasteiger partial charge on any atom is 0.265 e. The molecule has 0 saturated heterocycles. The van der Waals surface area contributed by atoms with E-state index in [2.05, 4.69) is 9.71 Å². The Labute approximate surface area is 180 Å². The number of anilines is 1. The highest BCUT2D eigenvalue weighted by molar-refractivity contribution is 7.92. The molecule has 0 bridgehead atoms. The van der Waals surface area contributed by atoms with Crippen molar-refractivity contribution in [3.05, 3.63) is 88.5 Å². The van der Waals surface area contributed by atoms with Crippen molar-refractivity contribution in [1.82, 2.24) is 9.55 Å². The second-order valence-electron chi connectivity index (χ2n) is 7.12. The zero-order valence-electron chi connectivity index (χ0n) is 17.3. The molecule has 0 aliphatic carbocycles. The molecule has 0 aliphatic rings. The Balaban J connectivity index is 1.78. The van der Waals surface area contributed by atoms with Crippen molar-refractivity contribution in [2.75, 3.05) is 11.8 Å². The average Bonchev–Trinajstić information content (AvgIpc) is 2.74. The molecule has 0 spiro atoms. The fourth-order valence-electron chi connectivity index (χ4n) is 3.44. The van der Waals surface area contributed by atoms with Crippen molar-refractivity contribution in [3.63, 3.8) is 0 Å². The van der Waals surface area contributed by atoms with Gasteiger partial charge in [0, 0.05) is 6.07 Å². The maximum absolute atomic E-state index is 13.1. The lowest BCUT2D eigenvalue weighted by atomic mass is 10.2. The van der Waals surface area contributed by atoms with Gasteiger partial charge in [0.05, 0.1) is 34.3 Å². The lowest BCUT2D eigenvalue weighted by molar-refractivity contribution is 0.416. The highest BCUT2D eigenvalue weighted by Gasteiger charge is 2.18. The second-order valence-corrected chi connectivity index (χ2v) is 8.81. The number of fused-ring (bicyclic) bond motifs is 1. The highest BCUT2D eigenvalue weighted by Crippen LogP contribution is 2.29. The van der Waals surface area contributed by atoms with Gasteiger partial charge in [-0.2, -0.15) is 0 Å². The Kier molecular flexibility index (Phi) is 5.24. The normalized spacial score (nSPS) is 11.5. The van der Waals surface area contributed by atoms with Crippen LogP contribution >= 0.6 is 0 Å². The number of hydrogen-bond donors (Lipinski definition) is 1. The fraction of sp³-hybridized carbons (Fsp3) is 0.130. The van der Waals surface area contributed by atoms with Crippen molar-refractivity contribution in [1.29, 1.82) is 0 Å². The number of methoxy groups -OCH3 is 1. The summed E-state index contributed by atoms with van der Waals surface area (Å²) < 4.78 is 35.1. The summed E-state index contributed by atoms with van der Waals surface area (Å²) in [5.74, 6) is 0.798.